The molecule has 0 bridgehead atoms. The topological polar surface area (TPSA) is 81.2 Å². The van der Waals surface area contributed by atoms with Gasteiger partial charge in [0.2, 0.25) is 5.91 Å². The van der Waals surface area contributed by atoms with Gasteiger partial charge in [-0.1, -0.05) is 15.9 Å². The molecule has 0 aliphatic heterocycles. The van der Waals surface area contributed by atoms with Crippen LogP contribution in [-0.2, 0) is 11.3 Å². The van der Waals surface area contributed by atoms with Crippen molar-refractivity contribution in [1.82, 2.24) is 14.5 Å². The summed E-state index contributed by atoms with van der Waals surface area (Å²) in [7, 11) is 1.68. The van der Waals surface area contributed by atoms with E-state index in [0.717, 1.165) is 4.47 Å². The maximum atomic E-state index is 12.4. The molecular formula is C14H17BrN4O2. The first-order chi connectivity index (χ1) is 9.93. The van der Waals surface area contributed by atoms with E-state index in [4.69, 9.17) is 5.73 Å². The zero-order chi connectivity index (χ0) is 15.6. The third-order valence-corrected chi connectivity index (χ3v) is 3.98. The molecule has 21 heavy (non-hydrogen) atoms. The van der Waals surface area contributed by atoms with E-state index in [-0.39, 0.29) is 24.1 Å². The minimum atomic E-state index is -0.233. The first-order valence-electron chi connectivity index (χ1n) is 6.54. The Labute approximate surface area is 130 Å². The smallest absolute Gasteiger partial charge is 0.261 e. The molecule has 0 saturated heterocycles. The van der Waals surface area contributed by atoms with Gasteiger partial charge in [-0.2, -0.15) is 0 Å². The Kier molecular flexibility index (Phi) is 4.74. The molecule has 112 valence electrons. The molecule has 0 fully saturated rings. The van der Waals surface area contributed by atoms with Crippen molar-refractivity contribution in [2.24, 2.45) is 5.73 Å². The molecule has 2 rings (SSSR count). The lowest BCUT2D eigenvalue weighted by Crippen LogP contribution is -2.42. The molecule has 1 atom stereocenters. The zero-order valence-corrected chi connectivity index (χ0v) is 13.5. The van der Waals surface area contributed by atoms with E-state index in [2.05, 4.69) is 20.9 Å². The summed E-state index contributed by atoms with van der Waals surface area (Å²) in [5, 5.41) is 0.481. The highest BCUT2D eigenvalue weighted by molar-refractivity contribution is 9.10. The quantitative estimate of drug-likeness (QED) is 0.888. The van der Waals surface area contributed by atoms with E-state index in [0.29, 0.717) is 17.4 Å². The van der Waals surface area contributed by atoms with Gasteiger partial charge < -0.3 is 10.6 Å². The third-order valence-electron chi connectivity index (χ3n) is 3.49. The van der Waals surface area contributed by atoms with Gasteiger partial charge in [-0.25, -0.2) is 4.98 Å². The van der Waals surface area contributed by atoms with Crippen LogP contribution in [0.3, 0.4) is 0 Å². The van der Waals surface area contributed by atoms with E-state index >= 15 is 0 Å². The number of likely N-dealkylation sites (N-methyl/N-ethyl adjacent to an activating group) is 1. The second kappa shape index (κ2) is 6.36. The van der Waals surface area contributed by atoms with Gasteiger partial charge in [0.05, 0.1) is 17.2 Å². The number of nitrogens with zero attached hydrogens (tertiary/aromatic N) is 3. The van der Waals surface area contributed by atoms with Gasteiger partial charge in [-0.05, 0) is 25.1 Å². The Balaban J connectivity index is 2.33. The van der Waals surface area contributed by atoms with Crippen molar-refractivity contribution in [1.29, 1.82) is 0 Å². The minimum Gasteiger partial charge on any atom is -0.340 e. The molecule has 0 spiro atoms. The van der Waals surface area contributed by atoms with Crippen LogP contribution >= 0.6 is 15.9 Å². The van der Waals surface area contributed by atoms with Crippen LogP contribution in [0.25, 0.3) is 10.9 Å². The summed E-state index contributed by atoms with van der Waals surface area (Å²) in [5.41, 5.74) is 5.92. The number of carbonyl (C=O) groups is 1. The molecule has 1 amide bonds. The van der Waals surface area contributed by atoms with Crippen molar-refractivity contribution in [3.63, 3.8) is 0 Å². The molecular weight excluding hydrogens is 336 g/mol. The van der Waals surface area contributed by atoms with Gasteiger partial charge in [0.1, 0.15) is 6.54 Å². The Hall–Kier alpha value is -1.73. The zero-order valence-electron chi connectivity index (χ0n) is 11.9. The summed E-state index contributed by atoms with van der Waals surface area (Å²) in [6.45, 7) is 2.19. The Bertz CT molecular complexity index is 728. The lowest BCUT2D eigenvalue weighted by atomic mass is 10.2. The molecule has 1 aromatic carbocycles. The Morgan fingerprint density at radius 3 is 2.90 bits per heavy atom. The molecule has 0 aliphatic rings. The number of benzene rings is 1. The molecule has 0 aliphatic carbocycles. The van der Waals surface area contributed by atoms with Gasteiger partial charge in [0.25, 0.3) is 5.56 Å². The average Bonchev–Trinajstić information content (AvgIpc) is 2.48. The van der Waals surface area contributed by atoms with Gasteiger partial charge in [-0.15, -0.1) is 0 Å². The Morgan fingerprint density at radius 1 is 1.52 bits per heavy atom. The normalized spacial score (nSPS) is 12.4. The number of fused-ring (bicyclic) bond motifs is 1. The van der Waals surface area contributed by atoms with E-state index in [1.807, 2.05) is 13.0 Å². The van der Waals surface area contributed by atoms with Crippen LogP contribution in [0.4, 0.5) is 0 Å². The molecule has 1 aromatic heterocycles. The standard InChI is InChI=1S/C14H17BrN4O2/c1-9(6-16)18(2)13(20)7-19-8-17-12-4-3-10(15)5-11(12)14(19)21/h3-5,8-9H,6-7,16H2,1-2H3. The van der Waals surface area contributed by atoms with Crippen molar-refractivity contribution in [2.45, 2.75) is 19.5 Å². The molecule has 1 heterocycles. The maximum Gasteiger partial charge on any atom is 0.261 e. The maximum absolute atomic E-state index is 12.4. The molecule has 0 radical (unpaired) electrons. The molecule has 2 N–H and O–H groups in total. The van der Waals surface area contributed by atoms with Gasteiger partial charge in [-0.3, -0.25) is 14.2 Å². The number of nitrogens with two attached hydrogens (primary N) is 1. The number of amides is 1. The highest BCUT2D eigenvalue weighted by Crippen LogP contribution is 2.14. The second-order valence-corrected chi connectivity index (χ2v) is 5.84. The minimum absolute atomic E-state index is 0.0465. The molecule has 6 nitrogen and oxygen atoms in total. The van der Waals surface area contributed by atoms with Crippen LogP contribution in [0.15, 0.2) is 33.8 Å². The fourth-order valence-corrected chi connectivity index (χ4v) is 2.27. The summed E-state index contributed by atoms with van der Waals surface area (Å²) >= 11 is 3.33. The number of carbonyl (C=O) groups excluding carboxylic acids is 1. The van der Waals surface area contributed by atoms with E-state index in [1.165, 1.54) is 15.8 Å². The van der Waals surface area contributed by atoms with Crippen LogP contribution in [0.5, 0.6) is 0 Å². The van der Waals surface area contributed by atoms with E-state index in [1.54, 1.807) is 19.2 Å². The van der Waals surface area contributed by atoms with Crippen molar-refractivity contribution in [3.8, 4) is 0 Å². The lowest BCUT2D eigenvalue weighted by molar-refractivity contribution is -0.132. The monoisotopic (exact) mass is 352 g/mol. The number of hydrogen-bond donors (Lipinski definition) is 1. The summed E-state index contributed by atoms with van der Waals surface area (Å²) in [5.74, 6) is -0.175. The summed E-state index contributed by atoms with van der Waals surface area (Å²) in [4.78, 5) is 30.3. The second-order valence-electron chi connectivity index (χ2n) is 4.93. The number of rotatable bonds is 4. The summed E-state index contributed by atoms with van der Waals surface area (Å²) in [6.07, 6.45) is 1.40. The van der Waals surface area contributed by atoms with Crippen LogP contribution in [-0.4, -0.2) is 40.0 Å². The molecule has 2 aromatic rings. The lowest BCUT2D eigenvalue weighted by Gasteiger charge is -2.23. The summed E-state index contributed by atoms with van der Waals surface area (Å²) < 4.78 is 2.11. The van der Waals surface area contributed by atoms with Crippen LogP contribution in [0.2, 0.25) is 0 Å². The van der Waals surface area contributed by atoms with Crippen molar-refractivity contribution in [2.75, 3.05) is 13.6 Å². The predicted molar refractivity (Wildman–Crippen MR) is 85.0 cm³/mol. The molecule has 1 unspecified atom stereocenters. The SMILES string of the molecule is CC(CN)N(C)C(=O)Cn1cnc2ccc(Br)cc2c1=O. The fraction of sp³-hybridized carbons (Fsp3) is 0.357. The number of hydrogen-bond acceptors (Lipinski definition) is 4. The number of halogens is 1. The third kappa shape index (κ3) is 3.30. The van der Waals surface area contributed by atoms with Gasteiger partial charge in [0, 0.05) is 24.1 Å². The largest absolute Gasteiger partial charge is 0.340 e. The number of aromatic nitrogens is 2. The van der Waals surface area contributed by atoms with Gasteiger partial charge >= 0.3 is 0 Å². The first kappa shape index (κ1) is 15.7. The van der Waals surface area contributed by atoms with E-state index < -0.39 is 0 Å². The fourth-order valence-electron chi connectivity index (χ4n) is 1.90. The predicted octanol–water partition coefficient (Wildman–Crippen LogP) is 0.965. The average molecular weight is 353 g/mol. The van der Waals surface area contributed by atoms with Crippen LogP contribution in [0.1, 0.15) is 6.92 Å². The highest BCUT2D eigenvalue weighted by Gasteiger charge is 2.16. The van der Waals surface area contributed by atoms with E-state index in [9.17, 15) is 9.59 Å². The summed E-state index contributed by atoms with van der Waals surface area (Å²) in [6, 6.07) is 5.21. The van der Waals surface area contributed by atoms with Gasteiger partial charge in [0.15, 0.2) is 0 Å². The van der Waals surface area contributed by atoms with Crippen molar-refractivity contribution < 1.29 is 4.79 Å². The van der Waals surface area contributed by atoms with Crippen molar-refractivity contribution in [3.05, 3.63) is 39.4 Å². The Morgan fingerprint density at radius 2 is 2.24 bits per heavy atom. The van der Waals surface area contributed by atoms with Crippen molar-refractivity contribution >= 4 is 32.7 Å². The van der Waals surface area contributed by atoms with Crippen LogP contribution < -0.4 is 11.3 Å². The molecule has 0 saturated carbocycles. The highest BCUT2D eigenvalue weighted by atomic mass is 79.9. The molecule has 7 heteroatoms. The van der Waals surface area contributed by atoms with Crippen LogP contribution in [0, 0.1) is 0 Å². The first-order valence-corrected chi connectivity index (χ1v) is 7.33.